The van der Waals surface area contributed by atoms with E-state index in [2.05, 4.69) is 28.2 Å². The number of carboxylic acid groups (broad SMARTS) is 1. The molecule has 206 valence electrons. The Balaban J connectivity index is 1.31. The van der Waals surface area contributed by atoms with Crippen LogP contribution in [0.5, 0.6) is 0 Å². The number of carbonyl (C=O) groups is 2. The number of aromatic nitrogens is 4. The van der Waals surface area contributed by atoms with E-state index in [1.54, 1.807) is 10.7 Å². The van der Waals surface area contributed by atoms with Crippen LogP contribution in [0.3, 0.4) is 0 Å². The number of aryl methyl sites for hydroxylation is 1. The van der Waals surface area contributed by atoms with Crippen LogP contribution >= 0.6 is 0 Å². The number of amides is 1. The Bertz CT molecular complexity index is 1550. The van der Waals surface area contributed by atoms with Crippen molar-refractivity contribution in [1.29, 1.82) is 0 Å². The van der Waals surface area contributed by atoms with Crippen LogP contribution in [0.1, 0.15) is 89.4 Å². The van der Waals surface area contributed by atoms with Crippen LogP contribution in [0.25, 0.3) is 16.8 Å². The molecule has 0 spiro atoms. The predicted molar refractivity (Wildman–Crippen MR) is 153 cm³/mol. The number of carbonyl (C=O) groups excluding carboxylic acids is 1. The highest BCUT2D eigenvalue weighted by Crippen LogP contribution is 2.55. The molecule has 8 nitrogen and oxygen atoms in total. The molecule has 3 atom stereocenters. The zero-order valence-electron chi connectivity index (χ0n) is 23.0. The lowest BCUT2D eigenvalue weighted by atomic mass is 9.96. The van der Waals surface area contributed by atoms with Crippen molar-refractivity contribution in [3.05, 3.63) is 89.5 Å². The van der Waals surface area contributed by atoms with Crippen molar-refractivity contribution in [3.63, 3.8) is 0 Å². The van der Waals surface area contributed by atoms with Crippen LogP contribution in [0.15, 0.2) is 67.0 Å². The summed E-state index contributed by atoms with van der Waals surface area (Å²) in [5.74, 6) is -0.612. The van der Waals surface area contributed by atoms with Crippen molar-refractivity contribution in [2.24, 2.45) is 7.05 Å². The summed E-state index contributed by atoms with van der Waals surface area (Å²) >= 11 is 0. The van der Waals surface area contributed by atoms with Gasteiger partial charge in [0.05, 0.1) is 11.3 Å². The van der Waals surface area contributed by atoms with Gasteiger partial charge in [-0.3, -0.25) is 9.48 Å². The molecule has 2 aliphatic rings. The fourth-order valence-corrected chi connectivity index (χ4v) is 6.32. The van der Waals surface area contributed by atoms with Gasteiger partial charge < -0.3 is 14.6 Å². The summed E-state index contributed by atoms with van der Waals surface area (Å²) in [5.41, 5.74) is 5.54. The van der Waals surface area contributed by atoms with E-state index in [-0.39, 0.29) is 17.7 Å². The number of likely N-dealkylation sites (tertiary alicyclic amines) is 1. The van der Waals surface area contributed by atoms with Crippen molar-refractivity contribution >= 4 is 11.9 Å². The third-order valence-electron chi connectivity index (χ3n) is 8.38. The van der Waals surface area contributed by atoms with Gasteiger partial charge in [0.2, 0.25) is 0 Å². The van der Waals surface area contributed by atoms with Gasteiger partial charge in [0.1, 0.15) is 0 Å². The Hall–Kier alpha value is -4.20. The molecule has 4 aromatic rings. The van der Waals surface area contributed by atoms with Gasteiger partial charge in [-0.05, 0) is 73.6 Å². The van der Waals surface area contributed by atoms with Gasteiger partial charge in [0.15, 0.2) is 0 Å². The van der Waals surface area contributed by atoms with E-state index >= 15 is 0 Å². The SMILES string of the molecule is CCC[C@@H]1CCCCN1C(=O)c1cccc(-c2cccc(-n3ccc(C(=O)O)c3C3CC3c3cn(C)nn3)c2)c1. The van der Waals surface area contributed by atoms with Gasteiger partial charge in [-0.15, -0.1) is 5.10 Å². The third-order valence-corrected chi connectivity index (χ3v) is 8.38. The van der Waals surface area contributed by atoms with E-state index in [0.29, 0.717) is 17.2 Å². The molecule has 1 N–H and O–H groups in total. The number of piperidine rings is 1. The second kappa shape index (κ2) is 10.8. The monoisotopic (exact) mass is 537 g/mol. The van der Waals surface area contributed by atoms with Gasteiger partial charge in [0.25, 0.3) is 5.91 Å². The average Bonchev–Trinajstić information content (AvgIpc) is 3.41. The summed E-state index contributed by atoms with van der Waals surface area (Å²) in [6, 6.07) is 18.0. The quantitative estimate of drug-likeness (QED) is 0.296. The molecule has 2 aromatic carbocycles. The maximum Gasteiger partial charge on any atom is 0.337 e. The summed E-state index contributed by atoms with van der Waals surface area (Å²) in [6.07, 6.45) is 10.0. The first kappa shape index (κ1) is 26.0. The zero-order chi connectivity index (χ0) is 27.8. The zero-order valence-corrected chi connectivity index (χ0v) is 23.0. The van der Waals surface area contributed by atoms with E-state index < -0.39 is 5.97 Å². The second-order valence-corrected chi connectivity index (χ2v) is 11.1. The lowest BCUT2D eigenvalue weighted by molar-refractivity contribution is 0.0600. The molecular formula is C32H35N5O3. The molecule has 1 aliphatic heterocycles. The summed E-state index contributed by atoms with van der Waals surface area (Å²) in [7, 11) is 1.84. The largest absolute Gasteiger partial charge is 0.478 e. The smallest absolute Gasteiger partial charge is 0.337 e. The van der Waals surface area contributed by atoms with Crippen LogP contribution < -0.4 is 0 Å². The summed E-state index contributed by atoms with van der Waals surface area (Å²) in [4.78, 5) is 27.8. The molecule has 1 aliphatic carbocycles. The highest BCUT2D eigenvalue weighted by Gasteiger charge is 2.45. The first-order valence-corrected chi connectivity index (χ1v) is 14.3. The molecule has 1 saturated carbocycles. The van der Waals surface area contributed by atoms with Crippen molar-refractivity contribution in [2.45, 2.75) is 63.3 Å². The number of benzene rings is 2. The third kappa shape index (κ3) is 4.94. The minimum atomic E-state index is -0.931. The van der Waals surface area contributed by atoms with Gasteiger partial charge in [-0.1, -0.05) is 42.8 Å². The molecule has 1 saturated heterocycles. The maximum atomic E-state index is 13.6. The molecule has 3 heterocycles. The Labute approximate surface area is 234 Å². The van der Waals surface area contributed by atoms with Gasteiger partial charge in [0, 0.05) is 60.8 Å². The highest BCUT2D eigenvalue weighted by atomic mass is 16.4. The molecular weight excluding hydrogens is 502 g/mol. The molecule has 40 heavy (non-hydrogen) atoms. The lowest BCUT2D eigenvalue weighted by Gasteiger charge is -2.36. The van der Waals surface area contributed by atoms with Gasteiger partial charge in [-0.25, -0.2) is 4.79 Å². The van der Waals surface area contributed by atoms with Crippen molar-refractivity contribution < 1.29 is 14.7 Å². The van der Waals surface area contributed by atoms with Crippen molar-refractivity contribution in [2.75, 3.05) is 6.54 Å². The van der Waals surface area contributed by atoms with E-state index in [4.69, 9.17) is 0 Å². The Morgan fingerprint density at radius 3 is 2.58 bits per heavy atom. The Kier molecular flexibility index (Phi) is 7.00. The average molecular weight is 538 g/mol. The Morgan fingerprint density at radius 2 is 1.82 bits per heavy atom. The van der Waals surface area contributed by atoms with E-state index in [9.17, 15) is 14.7 Å². The molecule has 8 heteroatoms. The molecule has 6 rings (SSSR count). The second-order valence-electron chi connectivity index (χ2n) is 11.1. The van der Waals surface area contributed by atoms with Gasteiger partial charge >= 0.3 is 5.97 Å². The predicted octanol–water partition coefficient (Wildman–Crippen LogP) is 6.04. The first-order valence-electron chi connectivity index (χ1n) is 14.3. The van der Waals surface area contributed by atoms with Crippen LogP contribution in [0.2, 0.25) is 0 Å². The summed E-state index contributed by atoms with van der Waals surface area (Å²) < 4.78 is 3.67. The maximum absolute atomic E-state index is 13.6. The summed E-state index contributed by atoms with van der Waals surface area (Å²) in [6.45, 7) is 3.00. The molecule has 0 radical (unpaired) electrons. The number of aromatic carboxylic acids is 1. The normalized spacial score (nSPS) is 20.4. The van der Waals surface area contributed by atoms with E-state index in [0.717, 1.165) is 66.9 Å². The van der Waals surface area contributed by atoms with E-state index in [1.165, 1.54) is 6.42 Å². The number of hydrogen-bond acceptors (Lipinski definition) is 4. The van der Waals surface area contributed by atoms with Crippen LogP contribution in [-0.2, 0) is 7.05 Å². The van der Waals surface area contributed by atoms with Crippen LogP contribution in [0.4, 0.5) is 0 Å². The molecule has 2 aromatic heterocycles. The molecule has 2 fully saturated rings. The van der Waals surface area contributed by atoms with Gasteiger partial charge in [-0.2, -0.15) is 0 Å². The first-order chi connectivity index (χ1) is 19.4. The van der Waals surface area contributed by atoms with E-state index in [1.807, 2.05) is 66.5 Å². The molecule has 1 amide bonds. The minimum absolute atomic E-state index is 0.0583. The number of rotatable bonds is 8. The van der Waals surface area contributed by atoms with Crippen LogP contribution in [0, 0.1) is 0 Å². The number of carboxylic acids is 1. The fourth-order valence-electron chi connectivity index (χ4n) is 6.32. The minimum Gasteiger partial charge on any atom is -0.478 e. The highest BCUT2D eigenvalue weighted by molar-refractivity contribution is 5.96. The Morgan fingerprint density at radius 1 is 1.02 bits per heavy atom. The molecule has 0 bridgehead atoms. The fraction of sp³-hybridized carbons (Fsp3) is 0.375. The van der Waals surface area contributed by atoms with Crippen molar-refractivity contribution in [3.8, 4) is 16.8 Å². The number of hydrogen-bond donors (Lipinski definition) is 1. The van der Waals surface area contributed by atoms with Crippen LogP contribution in [-0.4, -0.2) is 54.0 Å². The lowest BCUT2D eigenvalue weighted by Crippen LogP contribution is -2.43. The molecule has 2 unspecified atom stereocenters. The standard InChI is InChI=1S/C32H35N5O3/c1-3-8-24-12-4-5-15-37(24)31(38)23-11-6-9-21(17-23)22-10-7-13-25(18-22)36-16-14-26(32(39)40)30(36)28-19-27(28)29-20-35(2)34-33-29/h6-7,9-11,13-14,16-18,20,24,27-28H,3-5,8,12,15,19H2,1-2H3,(H,39,40)/t24-,27?,28?/m1/s1. The summed E-state index contributed by atoms with van der Waals surface area (Å²) in [5, 5.41) is 18.3. The van der Waals surface area contributed by atoms with Crippen molar-refractivity contribution in [1.82, 2.24) is 24.5 Å². The topological polar surface area (TPSA) is 93.2 Å². The number of nitrogens with zero attached hydrogens (tertiary/aromatic N) is 5.